The number of aliphatic hydroxyl groups is 4. The van der Waals surface area contributed by atoms with Crippen molar-refractivity contribution < 1.29 is 25.2 Å². The van der Waals surface area contributed by atoms with Crippen molar-refractivity contribution in [3.8, 4) is 0 Å². The number of rotatable bonds is 3. The number of hydrogen-bond donors (Lipinski definition) is 5. The van der Waals surface area contributed by atoms with E-state index in [0.717, 1.165) is 16.8 Å². The average Bonchev–Trinajstić information content (AvgIpc) is 2.43. The lowest BCUT2D eigenvalue weighted by Gasteiger charge is -2.41. The standard InChI is InChI=1S/C14H21NO5/c1-8-3-4-10(5-9(8)2)15-7-14(19)13(18)12(17)11(16)6-20-14/h3-5,11-13,15-19H,6-7H2,1-2H3/t11-,12-,13+,14-/m1/s1. The first-order chi connectivity index (χ1) is 9.33. The number of ether oxygens (including phenoxy) is 1. The molecule has 0 amide bonds. The molecule has 5 N–H and O–H groups in total. The predicted octanol–water partition coefficient (Wildman–Crippen LogP) is -0.483. The number of aliphatic hydroxyl groups excluding tert-OH is 3. The van der Waals surface area contributed by atoms with Crippen LogP contribution in [0.4, 0.5) is 5.69 Å². The molecule has 112 valence electrons. The van der Waals surface area contributed by atoms with E-state index >= 15 is 0 Å². The molecular weight excluding hydrogens is 262 g/mol. The quantitative estimate of drug-likeness (QED) is 0.513. The first-order valence-corrected chi connectivity index (χ1v) is 6.55. The summed E-state index contributed by atoms with van der Waals surface area (Å²) < 4.78 is 5.07. The van der Waals surface area contributed by atoms with E-state index in [1.165, 1.54) is 0 Å². The Labute approximate surface area is 117 Å². The van der Waals surface area contributed by atoms with E-state index in [4.69, 9.17) is 4.74 Å². The summed E-state index contributed by atoms with van der Waals surface area (Å²) in [7, 11) is 0. The van der Waals surface area contributed by atoms with Crippen LogP contribution in [0.1, 0.15) is 11.1 Å². The highest BCUT2D eigenvalue weighted by molar-refractivity contribution is 5.48. The van der Waals surface area contributed by atoms with Crippen LogP contribution in [0.3, 0.4) is 0 Å². The van der Waals surface area contributed by atoms with Crippen LogP contribution in [-0.4, -0.2) is 57.7 Å². The van der Waals surface area contributed by atoms with Crippen LogP contribution in [0.15, 0.2) is 18.2 Å². The van der Waals surface area contributed by atoms with E-state index in [1.807, 2.05) is 32.0 Å². The van der Waals surface area contributed by atoms with Crippen LogP contribution < -0.4 is 5.32 Å². The Kier molecular flexibility index (Phi) is 4.31. The monoisotopic (exact) mass is 283 g/mol. The Bertz CT molecular complexity index is 481. The van der Waals surface area contributed by atoms with Crippen molar-refractivity contribution >= 4 is 5.69 Å². The molecule has 6 heteroatoms. The largest absolute Gasteiger partial charge is 0.388 e. The Hall–Kier alpha value is -1.18. The summed E-state index contributed by atoms with van der Waals surface area (Å²) in [4.78, 5) is 0. The zero-order valence-corrected chi connectivity index (χ0v) is 11.6. The van der Waals surface area contributed by atoms with E-state index in [-0.39, 0.29) is 13.2 Å². The Morgan fingerprint density at radius 2 is 1.95 bits per heavy atom. The zero-order valence-electron chi connectivity index (χ0n) is 11.6. The molecule has 1 saturated heterocycles. The van der Waals surface area contributed by atoms with Gasteiger partial charge in [-0.15, -0.1) is 0 Å². The lowest BCUT2D eigenvalue weighted by Crippen LogP contribution is -2.63. The Morgan fingerprint density at radius 1 is 1.25 bits per heavy atom. The Balaban J connectivity index is 2.03. The summed E-state index contributed by atoms with van der Waals surface area (Å²) >= 11 is 0. The van der Waals surface area contributed by atoms with E-state index in [0.29, 0.717) is 0 Å². The third-order valence-corrected chi connectivity index (χ3v) is 3.74. The first-order valence-electron chi connectivity index (χ1n) is 6.55. The van der Waals surface area contributed by atoms with Gasteiger partial charge in [0.25, 0.3) is 0 Å². The van der Waals surface area contributed by atoms with Crippen LogP contribution in [0.2, 0.25) is 0 Å². The second kappa shape index (κ2) is 5.67. The molecule has 0 unspecified atom stereocenters. The third-order valence-electron chi connectivity index (χ3n) is 3.74. The lowest BCUT2D eigenvalue weighted by molar-refractivity contribution is -0.313. The molecule has 0 aliphatic carbocycles. The van der Waals surface area contributed by atoms with Crippen LogP contribution in [0.25, 0.3) is 0 Å². The highest BCUT2D eigenvalue weighted by Gasteiger charge is 2.48. The van der Waals surface area contributed by atoms with E-state index in [9.17, 15) is 20.4 Å². The third kappa shape index (κ3) is 2.94. The van der Waals surface area contributed by atoms with Gasteiger partial charge < -0.3 is 30.5 Å². The lowest BCUT2D eigenvalue weighted by atomic mass is 9.96. The summed E-state index contributed by atoms with van der Waals surface area (Å²) in [5.41, 5.74) is 3.03. The van der Waals surface area contributed by atoms with Crippen molar-refractivity contribution in [1.29, 1.82) is 0 Å². The molecule has 1 aromatic rings. The molecule has 0 bridgehead atoms. The topological polar surface area (TPSA) is 102 Å². The van der Waals surface area contributed by atoms with E-state index < -0.39 is 24.1 Å². The molecule has 1 aliphatic heterocycles. The van der Waals surface area contributed by atoms with Gasteiger partial charge in [-0.05, 0) is 37.1 Å². The fourth-order valence-corrected chi connectivity index (χ4v) is 2.13. The highest BCUT2D eigenvalue weighted by atomic mass is 16.6. The van der Waals surface area contributed by atoms with Crippen LogP contribution >= 0.6 is 0 Å². The van der Waals surface area contributed by atoms with Gasteiger partial charge in [0.1, 0.15) is 18.3 Å². The maximum absolute atomic E-state index is 10.2. The van der Waals surface area contributed by atoms with E-state index in [1.54, 1.807) is 0 Å². The minimum atomic E-state index is -1.93. The maximum Gasteiger partial charge on any atom is 0.212 e. The number of anilines is 1. The molecule has 20 heavy (non-hydrogen) atoms. The number of benzene rings is 1. The van der Waals surface area contributed by atoms with Crippen LogP contribution in [0.5, 0.6) is 0 Å². The molecule has 0 spiro atoms. The summed E-state index contributed by atoms with van der Waals surface area (Å²) in [5.74, 6) is -1.93. The van der Waals surface area contributed by atoms with Gasteiger partial charge in [-0.3, -0.25) is 0 Å². The number of hydrogen-bond acceptors (Lipinski definition) is 6. The zero-order chi connectivity index (χ0) is 14.9. The smallest absolute Gasteiger partial charge is 0.212 e. The molecule has 2 rings (SSSR count). The van der Waals surface area contributed by atoms with Gasteiger partial charge in [0.2, 0.25) is 5.79 Å². The molecule has 1 fully saturated rings. The van der Waals surface area contributed by atoms with Crippen molar-refractivity contribution in [3.05, 3.63) is 29.3 Å². The van der Waals surface area contributed by atoms with Crippen molar-refractivity contribution in [2.45, 2.75) is 37.9 Å². The summed E-state index contributed by atoms with van der Waals surface area (Å²) in [6.07, 6.45) is -4.22. The molecule has 0 aromatic heterocycles. The summed E-state index contributed by atoms with van der Waals surface area (Å²) in [6.45, 7) is 3.64. The fraction of sp³-hybridized carbons (Fsp3) is 0.571. The van der Waals surface area contributed by atoms with Crippen molar-refractivity contribution in [2.75, 3.05) is 18.5 Å². The van der Waals surface area contributed by atoms with Gasteiger partial charge in [-0.25, -0.2) is 0 Å². The molecule has 1 aliphatic rings. The fourth-order valence-electron chi connectivity index (χ4n) is 2.13. The molecule has 0 radical (unpaired) electrons. The van der Waals surface area contributed by atoms with Crippen LogP contribution in [-0.2, 0) is 4.74 Å². The van der Waals surface area contributed by atoms with Crippen LogP contribution in [0, 0.1) is 13.8 Å². The van der Waals surface area contributed by atoms with Crippen molar-refractivity contribution in [3.63, 3.8) is 0 Å². The van der Waals surface area contributed by atoms with Gasteiger partial charge in [-0.1, -0.05) is 6.07 Å². The summed E-state index contributed by atoms with van der Waals surface area (Å²) in [6, 6.07) is 5.71. The molecule has 0 saturated carbocycles. The number of aryl methyl sites for hydroxylation is 2. The first kappa shape index (κ1) is 15.2. The minimum Gasteiger partial charge on any atom is -0.388 e. The van der Waals surface area contributed by atoms with Gasteiger partial charge >= 0.3 is 0 Å². The number of nitrogens with one attached hydrogen (secondary N) is 1. The highest BCUT2D eigenvalue weighted by Crippen LogP contribution is 2.25. The SMILES string of the molecule is Cc1ccc(NC[C@@]2(O)OC[C@@H](O)[C@@H](O)[C@@H]2O)cc1C. The minimum absolute atomic E-state index is 0.0968. The normalized spacial score (nSPS) is 34.0. The van der Waals surface area contributed by atoms with Gasteiger partial charge in [0.05, 0.1) is 13.2 Å². The van der Waals surface area contributed by atoms with Crippen molar-refractivity contribution in [1.82, 2.24) is 0 Å². The average molecular weight is 283 g/mol. The molecule has 6 nitrogen and oxygen atoms in total. The molecular formula is C14H21NO5. The molecule has 4 atom stereocenters. The predicted molar refractivity (Wildman–Crippen MR) is 73.3 cm³/mol. The van der Waals surface area contributed by atoms with Gasteiger partial charge in [-0.2, -0.15) is 0 Å². The maximum atomic E-state index is 10.2. The van der Waals surface area contributed by atoms with Gasteiger partial charge in [0.15, 0.2) is 0 Å². The van der Waals surface area contributed by atoms with Crippen molar-refractivity contribution in [2.24, 2.45) is 0 Å². The molecule has 1 heterocycles. The van der Waals surface area contributed by atoms with E-state index in [2.05, 4.69) is 5.32 Å². The second-order valence-electron chi connectivity index (χ2n) is 5.31. The summed E-state index contributed by atoms with van der Waals surface area (Å²) in [5, 5.41) is 41.9. The Morgan fingerprint density at radius 3 is 2.60 bits per heavy atom. The second-order valence-corrected chi connectivity index (χ2v) is 5.31. The van der Waals surface area contributed by atoms with Gasteiger partial charge in [0, 0.05) is 5.69 Å². The molecule has 1 aromatic carbocycles.